The highest BCUT2D eigenvalue weighted by molar-refractivity contribution is 5.98. The summed E-state index contributed by atoms with van der Waals surface area (Å²) in [6, 6.07) is 9.43. The van der Waals surface area contributed by atoms with Crippen molar-refractivity contribution in [2.75, 3.05) is 7.11 Å². The van der Waals surface area contributed by atoms with Crippen LogP contribution in [0.2, 0.25) is 0 Å². The fourth-order valence-corrected chi connectivity index (χ4v) is 4.13. The van der Waals surface area contributed by atoms with E-state index in [9.17, 15) is 23.2 Å². The summed E-state index contributed by atoms with van der Waals surface area (Å²) in [5, 5.41) is 2.50. The molecule has 39 heavy (non-hydrogen) atoms. The molecule has 0 aliphatic heterocycles. The van der Waals surface area contributed by atoms with Crippen LogP contribution in [0.5, 0.6) is 11.5 Å². The number of aryl methyl sites for hydroxylation is 2. The van der Waals surface area contributed by atoms with Crippen molar-refractivity contribution in [3.63, 3.8) is 0 Å². The van der Waals surface area contributed by atoms with Gasteiger partial charge in [-0.3, -0.25) is 9.59 Å². The molecule has 1 amide bonds. The highest BCUT2D eigenvalue weighted by Gasteiger charge is 2.29. The normalized spacial score (nSPS) is 12.4. The molecule has 1 heterocycles. The summed E-state index contributed by atoms with van der Waals surface area (Å²) in [7, 11) is 1.34. The Morgan fingerprint density at radius 3 is 1.97 bits per heavy atom. The molecule has 206 valence electrons. The number of rotatable bonds is 9. The number of esters is 2. The summed E-state index contributed by atoms with van der Waals surface area (Å²) in [5.74, 6) is -3.61. The number of ether oxygens (including phenoxy) is 3. The number of pyridine rings is 1. The van der Waals surface area contributed by atoms with Crippen LogP contribution in [0.4, 0.5) is 8.78 Å². The van der Waals surface area contributed by atoms with Gasteiger partial charge < -0.3 is 19.5 Å². The van der Waals surface area contributed by atoms with Crippen molar-refractivity contribution in [1.82, 2.24) is 10.3 Å². The smallest absolute Gasteiger partial charge is 0.328 e. The molecule has 8 nitrogen and oxygen atoms in total. The van der Waals surface area contributed by atoms with Gasteiger partial charge in [-0.2, -0.15) is 0 Å². The summed E-state index contributed by atoms with van der Waals surface area (Å²) in [6.07, 6.45) is 0.518. The van der Waals surface area contributed by atoms with E-state index >= 15 is 0 Å². The molecule has 0 saturated heterocycles. The molecule has 0 spiro atoms. The van der Waals surface area contributed by atoms with E-state index in [0.717, 1.165) is 6.92 Å². The van der Waals surface area contributed by atoms with Gasteiger partial charge in [-0.05, 0) is 62.1 Å². The highest BCUT2D eigenvalue weighted by atomic mass is 19.1. The predicted molar refractivity (Wildman–Crippen MR) is 139 cm³/mol. The maximum absolute atomic E-state index is 14.0. The molecule has 1 aromatic heterocycles. The zero-order valence-electron chi connectivity index (χ0n) is 22.5. The van der Waals surface area contributed by atoms with Crippen molar-refractivity contribution in [3.8, 4) is 11.5 Å². The Kier molecular flexibility index (Phi) is 9.34. The van der Waals surface area contributed by atoms with E-state index in [1.54, 1.807) is 45.0 Å². The van der Waals surface area contributed by atoms with E-state index in [1.165, 1.54) is 38.4 Å². The topological polar surface area (TPSA) is 104 Å². The number of nitrogens with zero attached hydrogens (tertiary/aromatic N) is 1. The molecule has 0 saturated carbocycles. The van der Waals surface area contributed by atoms with E-state index in [0.29, 0.717) is 22.3 Å². The van der Waals surface area contributed by atoms with E-state index < -0.39 is 35.9 Å². The summed E-state index contributed by atoms with van der Waals surface area (Å²) in [6.45, 7) is 7.50. The number of carbonyl (C=O) groups excluding carboxylic acids is 3. The van der Waals surface area contributed by atoms with Crippen molar-refractivity contribution in [3.05, 3.63) is 88.2 Å². The lowest BCUT2D eigenvalue weighted by atomic mass is 9.85. The molecule has 0 radical (unpaired) electrons. The maximum atomic E-state index is 14.0. The van der Waals surface area contributed by atoms with E-state index in [2.05, 4.69) is 10.3 Å². The Hall–Kier alpha value is -4.34. The molecule has 10 heteroatoms. The lowest BCUT2D eigenvalue weighted by Crippen LogP contribution is -2.41. The zero-order chi connectivity index (χ0) is 28.9. The van der Waals surface area contributed by atoms with Gasteiger partial charge >= 0.3 is 11.9 Å². The average molecular weight is 541 g/mol. The van der Waals surface area contributed by atoms with Crippen LogP contribution in [0.3, 0.4) is 0 Å². The van der Waals surface area contributed by atoms with Gasteiger partial charge in [-0.1, -0.05) is 24.3 Å². The molecule has 3 aromatic rings. The molecular formula is C29H30F2N2O6. The third kappa shape index (κ3) is 6.95. The van der Waals surface area contributed by atoms with Gasteiger partial charge in [0.05, 0.1) is 7.11 Å². The van der Waals surface area contributed by atoms with Crippen molar-refractivity contribution in [2.24, 2.45) is 0 Å². The number of hydrogen-bond donors (Lipinski definition) is 1. The van der Waals surface area contributed by atoms with Gasteiger partial charge in [0.25, 0.3) is 5.91 Å². The van der Waals surface area contributed by atoms with Gasteiger partial charge in [-0.25, -0.2) is 18.6 Å². The van der Waals surface area contributed by atoms with Crippen molar-refractivity contribution >= 4 is 17.8 Å². The SMILES string of the molecule is COc1ccnc(C(=O)N[C@@H](C)C(=O)O[C@@H](C)C(c2ccc(F)c(C)c2)c2ccc(F)c(C)c2)c1OC(C)=O. The largest absolute Gasteiger partial charge is 0.493 e. The second-order valence-corrected chi connectivity index (χ2v) is 9.12. The van der Waals surface area contributed by atoms with Crippen LogP contribution in [0, 0.1) is 25.5 Å². The Morgan fingerprint density at radius 1 is 0.923 bits per heavy atom. The van der Waals surface area contributed by atoms with E-state index in [4.69, 9.17) is 14.2 Å². The Balaban J connectivity index is 1.84. The molecular weight excluding hydrogens is 510 g/mol. The van der Waals surface area contributed by atoms with Crippen LogP contribution in [-0.4, -0.2) is 42.1 Å². The Labute approximate surface area is 225 Å². The van der Waals surface area contributed by atoms with Gasteiger partial charge in [0.1, 0.15) is 23.8 Å². The van der Waals surface area contributed by atoms with Crippen LogP contribution in [0.15, 0.2) is 48.7 Å². The number of amides is 1. The second-order valence-electron chi connectivity index (χ2n) is 9.12. The maximum Gasteiger partial charge on any atom is 0.328 e. The van der Waals surface area contributed by atoms with Gasteiger partial charge in [0.2, 0.25) is 5.75 Å². The van der Waals surface area contributed by atoms with Crippen molar-refractivity contribution in [1.29, 1.82) is 0 Å². The van der Waals surface area contributed by atoms with Crippen LogP contribution in [0.1, 0.15) is 59.4 Å². The van der Waals surface area contributed by atoms with Crippen molar-refractivity contribution < 1.29 is 37.4 Å². The van der Waals surface area contributed by atoms with Crippen molar-refractivity contribution in [2.45, 2.75) is 52.7 Å². The number of carbonyl (C=O) groups is 3. The number of benzene rings is 2. The predicted octanol–water partition coefficient (Wildman–Crippen LogP) is 4.79. The van der Waals surface area contributed by atoms with E-state index in [1.807, 2.05) is 0 Å². The monoisotopic (exact) mass is 540 g/mol. The highest BCUT2D eigenvalue weighted by Crippen LogP contribution is 2.33. The Morgan fingerprint density at radius 2 is 1.49 bits per heavy atom. The fourth-order valence-electron chi connectivity index (χ4n) is 4.13. The molecule has 3 rings (SSSR count). The van der Waals surface area contributed by atoms with Gasteiger partial charge in [0.15, 0.2) is 11.4 Å². The molecule has 1 N–H and O–H groups in total. The average Bonchev–Trinajstić information content (AvgIpc) is 2.88. The minimum Gasteiger partial charge on any atom is -0.493 e. The van der Waals surface area contributed by atoms with Crippen LogP contribution < -0.4 is 14.8 Å². The lowest BCUT2D eigenvalue weighted by molar-refractivity contribution is -0.150. The minimum absolute atomic E-state index is 0.112. The zero-order valence-corrected chi connectivity index (χ0v) is 22.5. The quantitative estimate of drug-likeness (QED) is 0.389. The summed E-state index contributed by atoms with van der Waals surface area (Å²) >= 11 is 0. The summed E-state index contributed by atoms with van der Waals surface area (Å²) in [5.41, 5.74) is 1.90. The fraction of sp³-hybridized carbons (Fsp3) is 0.310. The van der Waals surface area contributed by atoms with E-state index in [-0.39, 0.29) is 28.8 Å². The molecule has 0 aliphatic rings. The summed E-state index contributed by atoms with van der Waals surface area (Å²) in [4.78, 5) is 41.5. The first-order valence-electron chi connectivity index (χ1n) is 12.2. The van der Waals surface area contributed by atoms with Crippen LogP contribution in [0.25, 0.3) is 0 Å². The molecule has 0 fully saturated rings. The molecule has 2 aromatic carbocycles. The third-order valence-electron chi connectivity index (χ3n) is 6.10. The number of aromatic nitrogens is 1. The first-order valence-corrected chi connectivity index (χ1v) is 12.2. The first-order chi connectivity index (χ1) is 18.4. The minimum atomic E-state index is -1.12. The molecule has 2 atom stereocenters. The molecule has 0 aliphatic carbocycles. The van der Waals surface area contributed by atoms with Gasteiger partial charge in [-0.15, -0.1) is 0 Å². The number of methoxy groups -OCH3 is 1. The molecule has 0 bridgehead atoms. The lowest BCUT2D eigenvalue weighted by Gasteiger charge is -2.27. The number of halogens is 2. The standard InChI is InChI=1S/C29H30F2N2O6/c1-15-13-20(7-9-22(15)30)25(21-8-10-23(31)16(2)14-21)18(4)38-29(36)17(3)33-28(35)26-27(39-19(5)34)24(37-6)11-12-32-26/h7-14,17-18,25H,1-6H3,(H,33,35)/t17-,18-/m0/s1. The van der Waals surface area contributed by atoms with Crippen LogP contribution >= 0.6 is 0 Å². The number of hydrogen-bond acceptors (Lipinski definition) is 7. The Bertz CT molecular complexity index is 1340. The van der Waals surface area contributed by atoms with Gasteiger partial charge in [0, 0.05) is 25.1 Å². The second kappa shape index (κ2) is 12.5. The molecule has 0 unspecified atom stereocenters. The number of nitrogens with one attached hydrogen (secondary N) is 1. The summed E-state index contributed by atoms with van der Waals surface area (Å²) < 4.78 is 44.0. The third-order valence-corrected chi connectivity index (χ3v) is 6.10. The van der Waals surface area contributed by atoms with Crippen LogP contribution in [-0.2, 0) is 14.3 Å². The first kappa shape index (κ1) is 29.2.